The first-order valence-electron chi connectivity index (χ1n) is 9.22. The standard InChI is InChI=1S/C19H21BF2N4/c1-26-7-4-17(25-26)15-8-18(13-2-5-19(21,22)9-13)24-11-16(15)14-3-6-20(10-14)12-23/h4,7-8,11,13-14H,2-3,5-6,9-10H2,1H3. The lowest BCUT2D eigenvalue weighted by Crippen LogP contribution is -2.10. The van der Waals surface area contributed by atoms with Gasteiger partial charge in [-0.05, 0) is 30.0 Å². The van der Waals surface area contributed by atoms with Gasteiger partial charge < -0.3 is 0 Å². The molecular weight excluding hydrogens is 333 g/mol. The Balaban J connectivity index is 1.71. The topological polar surface area (TPSA) is 54.5 Å². The first-order valence-corrected chi connectivity index (χ1v) is 9.22. The summed E-state index contributed by atoms with van der Waals surface area (Å²) in [7, 11) is 1.87. The number of rotatable bonds is 3. The molecule has 1 aliphatic heterocycles. The van der Waals surface area contributed by atoms with Crippen molar-refractivity contribution in [1.82, 2.24) is 14.8 Å². The number of hydrogen-bond acceptors (Lipinski definition) is 3. The van der Waals surface area contributed by atoms with Crippen LogP contribution in [-0.2, 0) is 7.05 Å². The summed E-state index contributed by atoms with van der Waals surface area (Å²) >= 11 is 0. The molecule has 2 aromatic heterocycles. The zero-order valence-electron chi connectivity index (χ0n) is 14.8. The van der Waals surface area contributed by atoms with Crippen molar-refractivity contribution in [2.45, 2.75) is 56.1 Å². The van der Waals surface area contributed by atoms with E-state index in [4.69, 9.17) is 0 Å². The minimum atomic E-state index is -2.58. The van der Waals surface area contributed by atoms with Crippen LogP contribution in [0.2, 0.25) is 12.6 Å². The van der Waals surface area contributed by atoms with Crippen molar-refractivity contribution < 1.29 is 8.78 Å². The van der Waals surface area contributed by atoms with E-state index in [0.717, 1.165) is 41.6 Å². The van der Waals surface area contributed by atoms with E-state index in [1.807, 2.05) is 31.6 Å². The van der Waals surface area contributed by atoms with Crippen molar-refractivity contribution in [3.8, 4) is 17.2 Å². The first-order chi connectivity index (χ1) is 12.4. The third-order valence-electron chi connectivity index (χ3n) is 5.82. The van der Waals surface area contributed by atoms with Crippen LogP contribution in [0.5, 0.6) is 0 Å². The molecule has 0 aromatic carbocycles. The van der Waals surface area contributed by atoms with Gasteiger partial charge in [0.25, 0.3) is 6.71 Å². The zero-order valence-corrected chi connectivity index (χ0v) is 14.8. The van der Waals surface area contributed by atoms with Crippen molar-refractivity contribution in [3.05, 3.63) is 35.8 Å². The number of hydrogen-bond donors (Lipinski definition) is 0. The van der Waals surface area contributed by atoms with Crippen LogP contribution in [-0.4, -0.2) is 27.4 Å². The summed E-state index contributed by atoms with van der Waals surface area (Å²) in [5.74, 6) is -0.130. The predicted molar refractivity (Wildman–Crippen MR) is 96.3 cm³/mol. The average Bonchev–Trinajstić information content (AvgIpc) is 3.34. The molecule has 3 heterocycles. The summed E-state index contributed by atoms with van der Waals surface area (Å²) in [6.45, 7) is 0.0878. The molecule has 134 valence electrons. The summed E-state index contributed by atoms with van der Waals surface area (Å²) in [6, 6.07) is 3.91. The molecule has 0 spiro atoms. The Hall–Kier alpha value is -2.23. The molecule has 1 aliphatic carbocycles. The van der Waals surface area contributed by atoms with Gasteiger partial charge in [-0.25, -0.2) is 14.0 Å². The van der Waals surface area contributed by atoms with E-state index in [9.17, 15) is 14.0 Å². The molecule has 1 saturated carbocycles. The molecule has 1 saturated heterocycles. The van der Waals surface area contributed by atoms with Gasteiger partial charge in [-0.2, -0.15) is 5.10 Å². The molecule has 0 bridgehead atoms. The summed E-state index contributed by atoms with van der Waals surface area (Å²) in [5.41, 5.74) is 3.65. The number of nitriles is 1. The Bertz CT molecular complexity index is 857. The minimum absolute atomic E-state index is 0.0630. The minimum Gasteiger partial charge on any atom is -0.275 e. The Labute approximate surface area is 152 Å². The largest absolute Gasteiger partial charge is 0.275 e. The maximum absolute atomic E-state index is 13.6. The molecule has 2 aliphatic rings. The van der Waals surface area contributed by atoms with Crippen LogP contribution >= 0.6 is 0 Å². The molecule has 0 N–H and O–H groups in total. The Morgan fingerprint density at radius 1 is 1.35 bits per heavy atom. The van der Waals surface area contributed by atoms with Crippen LogP contribution in [0.4, 0.5) is 8.78 Å². The fourth-order valence-electron chi connectivity index (χ4n) is 4.39. The molecule has 2 unspecified atom stereocenters. The molecular formula is C19H21BF2N4. The zero-order chi connectivity index (χ0) is 18.3. The van der Waals surface area contributed by atoms with Crippen molar-refractivity contribution in [1.29, 1.82) is 5.26 Å². The van der Waals surface area contributed by atoms with Gasteiger partial charge in [0.05, 0.1) is 5.69 Å². The van der Waals surface area contributed by atoms with E-state index in [0.29, 0.717) is 6.42 Å². The molecule has 4 nitrogen and oxygen atoms in total. The molecule has 4 rings (SSSR count). The molecule has 0 amide bonds. The van der Waals surface area contributed by atoms with Crippen LogP contribution < -0.4 is 0 Å². The number of alkyl halides is 2. The third-order valence-corrected chi connectivity index (χ3v) is 5.82. The Morgan fingerprint density at radius 2 is 2.19 bits per heavy atom. The van der Waals surface area contributed by atoms with Gasteiger partial charge in [0.15, 0.2) is 0 Å². The SMILES string of the molecule is Cn1ccc(-c2cc(C3CCC(F)(F)C3)ncc2C2CCB(C#N)C2)n1. The van der Waals surface area contributed by atoms with E-state index < -0.39 is 5.92 Å². The lowest BCUT2D eigenvalue weighted by atomic mass is 9.49. The fraction of sp³-hybridized carbons (Fsp3) is 0.526. The Kier molecular flexibility index (Phi) is 4.30. The second kappa shape index (κ2) is 6.50. The van der Waals surface area contributed by atoms with E-state index in [1.165, 1.54) is 0 Å². The highest BCUT2D eigenvalue weighted by molar-refractivity contribution is 6.67. The van der Waals surface area contributed by atoms with E-state index in [2.05, 4.69) is 16.1 Å². The molecule has 2 atom stereocenters. The monoisotopic (exact) mass is 354 g/mol. The normalized spacial score (nSPS) is 24.8. The van der Waals surface area contributed by atoms with Gasteiger partial charge in [-0.15, -0.1) is 0 Å². The van der Waals surface area contributed by atoms with Crippen LogP contribution in [0.25, 0.3) is 11.3 Å². The number of pyridine rings is 1. The van der Waals surface area contributed by atoms with Crippen LogP contribution in [0.1, 0.15) is 48.8 Å². The van der Waals surface area contributed by atoms with Crippen LogP contribution in [0, 0.1) is 11.2 Å². The van der Waals surface area contributed by atoms with E-state index >= 15 is 0 Å². The first kappa shape index (κ1) is 17.2. The second-order valence-corrected chi connectivity index (χ2v) is 7.70. The van der Waals surface area contributed by atoms with Crippen LogP contribution in [0.15, 0.2) is 24.5 Å². The molecule has 2 aromatic rings. The van der Waals surface area contributed by atoms with Gasteiger partial charge in [-0.1, -0.05) is 19.1 Å². The van der Waals surface area contributed by atoms with E-state index in [-0.39, 0.29) is 31.4 Å². The number of halogens is 2. The fourth-order valence-corrected chi connectivity index (χ4v) is 4.39. The molecule has 0 radical (unpaired) electrons. The third kappa shape index (κ3) is 3.25. The maximum atomic E-state index is 13.6. The lowest BCUT2D eigenvalue weighted by Gasteiger charge is -2.17. The van der Waals surface area contributed by atoms with Crippen molar-refractivity contribution >= 4 is 6.71 Å². The molecule has 7 heteroatoms. The molecule has 2 fully saturated rings. The van der Waals surface area contributed by atoms with Crippen molar-refractivity contribution in [3.63, 3.8) is 0 Å². The highest BCUT2D eigenvalue weighted by atomic mass is 19.3. The quantitative estimate of drug-likeness (QED) is 0.767. The Morgan fingerprint density at radius 3 is 2.81 bits per heavy atom. The van der Waals surface area contributed by atoms with Gasteiger partial charge in [0, 0.05) is 55.4 Å². The average molecular weight is 354 g/mol. The summed E-state index contributed by atoms with van der Waals surface area (Å²) < 4.78 is 29.0. The van der Waals surface area contributed by atoms with Gasteiger partial charge in [0.2, 0.25) is 5.92 Å². The van der Waals surface area contributed by atoms with Crippen molar-refractivity contribution in [2.24, 2.45) is 7.05 Å². The number of aromatic nitrogens is 3. The summed E-state index contributed by atoms with van der Waals surface area (Å²) in [5, 5.41) is 13.7. The van der Waals surface area contributed by atoms with Gasteiger partial charge >= 0.3 is 0 Å². The highest BCUT2D eigenvalue weighted by Gasteiger charge is 2.41. The van der Waals surface area contributed by atoms with Crippen molar-refractivity contribution in [2.75, 3.05) is 0 Å². The van der Waals surface area contributed by atoms with Gasteiger partial charge in [-0.3, -0.25) is 9.67 Å². The number of aryl methyl sites for hydroxylation is 1. The highest BCUT2D eigenvalue weighted by Crippen LogP contribution is 2.45. The van der Waals surface area contributed by atoms with E-state index in [1.54, 1.807) is 4.68 Å². The predicted octanol–water partition coefficient (Wildman–Crippen LogP) is 4.43. The maximum Gasteiger partial charge on any atom is 0.268 e. The van der Waals surface area contributed by atoms with Gasteiger partial charge in [0.1, 0.15) is 0 Å². The smallest absolute Gasteiger partial charge is 0.268 e. The summed E-state index contributed by atoms with van der Waals surface area (Å²) in [4.78, 5) is 4.56. The molecule has 26 heavy (non-hydrogen) atoms. The summed E-state index contributed by atoms with van der Waals surface area (Å²) in [6.07, 6.45) is 6.71. The van der Waals surface area contributed by atoms with Crippen LogP contribution in [0.3, 0.4) is 0 Å². The second-order valence-electron chi connectivity index (χ2n) is 7.70. The number of nitrogens with zero attached hydrogens (tertiary/aromatic N) is 4. The lowest BCUT2D eigenvalue weighted by molar-refractivity contribution is 0.00766.